The number of hydrogen-bond acceptors (Lipinski definition) is 8. The third kappa shape index (κ3) is 9.12. The number of aromatic nitrogens is 6. The van der Waals surface area contributed by atoms with Gasteiger partial charge in [-0.15, -0.1) is 0 Å². The van der Waals surface area contributed by atoms with Crippen LogP contribution in [0.4, 0.5) is 34.4 Å². The van der Waals surface area contributed by atoms with Crippen molar-refractivity contribution in [2.24, 2.45) is 0 Å². The Bertz CT molecular complexity index is 4120. The molecule has 0 amide bonds. The second-order valence-electron chi connectivity index (χ2n) is 19.5. The second-order valence-corrected chi connectivity index (χ2v) is 19.5. The normalized spacial score (nSPS) is 11.7. The number of rotatable bonds is 11. The summed E-state index contributed by atoms with van der Waals surface area (Å²) in [6.45, 7) is 0. The molecule has 0 radical (unpaired) electrons. The first-order chi connectivity index (χ1) is 39.7. The van der Waals surface area contributed by atoms with Crippen molar-refractivity contribution in [2.45, 2.75) is 0 Å². The highest BCUT2D eigenvalue weighted by Gasteiger charge is 2.35. The Kier molecular flexibility index (Phi) is 12.4. The first-order valence-electron chi connectivity index (χ1n) is 26.7. The predicted molar refractivity (Wildman–Crippen MR) is 325 cm³/mol. The molecule has 0 saturated heterocycles. The molecule has 0 aliphatic carbocycles. The summed E-state index contributed by atoms with van der Waals surface area (Å²) in [6.07, 6.45) is 0. The van der Waals surface area contributed by atoms with E-state index in [1.54, 1.807) is 0 Å². The van der Waals surface area contributed by atoms with Gasteiger partial charge >= 0.3 is 0 Å². The molecule has 1 aliphatic heterocycles. The van der Waals surface area contributed by atoms with Crippen LogP contribution in [0.5, 0.6) is 0 Å². The fourth-order valence-corrected chi connectivity index (χ4v) is 10.6. The number of benzene rings is 10. The van der Waals surface area contributed by atoms with Gasteiger partial charge in [-0.25, -0.2) is 29.9 Å². The number of fused-ring (bicyclic) bond motifs is 2. The van der Waals surface area contributed by atoms with Gasteiger partial charge < -0.3 is 4.90 Å². The zero-order valence-corrected chi connectivity index (χ0v) is 43.3. The van der Waals surface area contributed by atoms with Crippen molar-refractivity contribution in [1.82, 2.24) is 29.9 Å². The maximum Gasteiger partial charge on any atom is 0.235 e. The summed E-state index contributed by atoms with van der Waals surface area (Å²) in [5.74, 6) is 1.71. The van der Waals surface area contributed by atoms with E-state index in [1.807, 2.05) is 84.9 Å². The van der Waals surface area contributed by atoms with Crippen LogP contribution in [-0.4, -0.2) is 29.9 Å². The monoisotopic (exact) mass is 1020 g/mol. The number of anilines is 6. The summed E-state index contributed by atoms with van der Waals surface area (Å²) in [5, 5.41) is 0. The largest absolute Gasteiger partial charge is 0.305 e. The van der Waals surface area contributed by atoms with Crippen LogP contribution < -0.4 is 9.80 Å². The SMILES string of the molecule is c1ccc(-c2cc(-c3cc(-c4ccccc4)c(N4c5ccccc5N(c5nc(-c6ccccc6)cc(-c6ccccc6)n5)c5ccccc54)c(-c4nc(-c5ccccc5)cc(-c5ccccc5)n4)c3)nc(-c3ccccc3)n2)cc1. The Labute approximate surface area is 464 Å². The molecule has 8 nitrogen and oxygen atoms in total. The first-order valence-corrected chi connectivity index (χ1v) is 26.7. The molecule has 14 rings (SSSR count). The summed E-state index contributed by atoms with van der Waals surface area (Å²) in [7, 11) is 0. The van der Waals surface area contributed by atoms with E-state index in [0.29, 0.717) is 17.6 Å². The number of hydrogen-bond donors (Lipinski definition) is 0. The van der Waals surface area contributed by atoms with Gasteiger partial charge in [-0.1, -0.05) is 237 Å². The highest BCUT2D eigenvalue weighted by atomic mass is 15.3. The van der Waals surface area contributed by atoms with E-state index in [4.69, 9.17) is 29.9 Å². The molecule has 0 saturated carbocycles. The van der Waals surface area contributed by atoms with Gasteiger partial charge in [-0.2, -0.15) is 0 Å². The van der Waals surface area contributed by atoms with Crippen molar-refractivity contribution in [3.05, 3.63) is 291 Å². The predicted octanol–water partition coefficient (Wildman–Crippen LogP) is 18.3. The van der Waals surface area contributed by atoms with E-state index in [-0.39, 0.29) is 0 Å². The lowest BCUT2D eigenvalue weighted by Crippen LogP contribution is -2.26. The molecule has 1 aliphatic rings. The fraction of sp³-hybridized carbons (Fsp3) is 0. The molecule has 8 heteroatoms. The highest BCUT2D eigenvalue weighted by Crippen LogP contribution is 2.57. The topological polar surface area (TPSA) is 83.8 Å². The lowest BCUT2D eigenvalue weighted by atomic mass is 9.92. The van der Waals surface area contributed by atoms with Gasteiger partial charge in [0.1, 0.15) is 0 Å². The maximum absolute atomic E-state index is 5.61. The quantitative estimate of drug-likeness (QED) is 0.127. The zero-order valence-electron chi connectivity index (χ0n) is 43.3. The minimum absolute atomic E-state index is 0.544. The Morgan fingerprint density at radius 2 is 0.475 bits per heavy atom. The first kappa shape index (κ1) is 47.5. The number of para-hydroxylation sites is 4. The van der Waals surface area contributed by atoms with Crippen LogP contribution >= 0.6 is 0 Å². The molecular formula is C72H48N8. The van der Waals surface area contributed by atoms with E-state index in [1.165, 1.54) is 0 Å². The van der Waals surface area contributed by atoms with Gasteiger partial charge in [0.25, 0.3) is 0 Å². The van der Waals surface area contributed by atoms with Crippen molar-refractivity contribution < 1.29 is 0 Å². The van der Waals surface area contributed by atoms with Crippen LogP contribution in [0.3, 0.4) is 0 Å². The molecule has 4 heterocycles. The van der Waals surface area contributed by atoms with Gasteiger partial charge in [0.15, 0.2) is 11.6 Å². The van der Waals surface area contributed by atoms with Gasteiger partial charge in [0.05, 0.1) is 62.6 Å². The molecule has 0 atom stereocenters. The Morgan fingerprint density at radius 3 is 0.850 bits per heavy atom. The van der Waals surface area contributed by atoms with Crippen LogP contribution in [0.1, 0.15) is 0 Å². The van der Waals surface area contributed by atoms with Crippen molar-refractivity contribution in [3.8, 4) is 101 Å². The molecule has 376 valence electrons. The van der Waals surface area contributed by atoms with Crippen molar-refractivity contribution in [2.75, 3.05) is 9.80 Å². The molecule has 13 aromatic rings. The average Bonchev–Trinajstić information content (AvgIpc) is 3.58. The standard InChI is InChI=1S/C72H48N8/c1-8-26-49(27-9-1)57-44-56(64-47-59(50-28-10-2-11-29-50)73-70(74-64)55-38-20-7-21-39-55)45-58(71-75-60(51-30-12-3-13-31-51)46-61(76-71)52-32-14-4-15-33-52)69(57)79-65-40-22-24-42-67(65)80(68-43-25-23-41-66(68)79)72-77-62(53-34-16-5-17-35-53)48-63(78-72)54-36-18-6-19-37-54/h1-48H. The molecule has 0 N–H and O–H groups in total. The molecule has 80 heavy (non-hydrogen) atoms. The highest BCUT2D eigenvalue weighted by molar-refractivity contribution is 6.07. The van der Waals surface area contributed by atoms with Crippen molar-refractivity contribution >= 4 is 34.4 Å². The minimum atomic E-state index is 0.544. The van der Waals surface area contributed by atoms with E-state index < -0.39 is 0 Å². The van der Waals surface area contributed by atoms with E-state index in [9.17, 15) is 0 Å². The average molecular weight is 1030 g/mol. The van der Waals surface area contributed by atoms with E-state index in [0.717, 1.165) is 118 Å². The van der Waals surface area contributed by atoms with Crippen LogP contribution in [0.25, 0.3) is 101 Å². The summed E-state index contributed by atoms with van der Waals surface area (Å²) in [6, 6.07) is 100. The van der Waals surface area contributed by atoms with Crippen molar-refractivity contribution in [1.29, 1.82) is 0 Å². The molecular weight excluding hydrogens is 977 g/mol. The summed E-state index contributed by atoms with van der Waals surface area (Å²) in [4.78, 5) is 37.3. The maximum atomic E-state index is 5.61. The minimum Gasteiger partial charge on any atom is -0.305 e. The van der Waals surface area contributed by atoms with Crippen LogP contribution in [0.2, 0.25) is 0 Å². The lowest BCUT2D eigenvalue weighted by molar-refractivity contribution is 1.06. The number of nitrogens with zero attached hydrogens (tertiary/aromatic N) is 8. The molecule has 0 bridgehead atoms. The fourth-order valence-electron chi connectivity index (χ4n) is 10.6. The van der Waals surface area contributed by atoms with Crippen LogP contribution in [0, 0.1) is 0 Å². The van der Waals surface area contributed by atoms with Gasteiger partial charge in [0, 0.05) is 50.1 Å². The van der Waals surface area contributed by atoms with Gasteiger partial charge in [-0.3, -0.25) is 4.90 Å². The zero-order chi connectivity index (χ0) is 53.2. The van der Waals surface area contributed by atoms with E-state index in [2.05, 4.69) is 216 Å². The molecule has 3 aromatic heterocycles. The van der Waals surface area contributed by atoms with Gasteiger partial charge in [-0.05, 0) is 60.2 Å². The smallest absolute Gasteiger partial charge is 0.235 e. The molecule has 0 spiro atoms. The van der Waals surface area contributed by atoms with E-state index >= 15 is 0 Å². The lowest BCUT2D eigenvalue weighted by Gasteiger charge is -2.40. The third-order valence-corrected chi connectivity index (χ3v) is 14.4. The van der Waals surface area contributed by atoms with Crippen LogP contribution in [0.15, 0.2) is 291 Å². The van der Waals surface area contributed by atoms with Crippen LogP contribution in [-0.2, 0) is 0 Å². The third-order valence-electron chi connectivity index (χ3n) is 14.4. The summed E-state index contributed by atoms with van der Waals surface area (Å²) < 4.78 is 0. The van der Waals surface area contributed by atoms with Crippen molar-refractivity contribution in [3.63, 3.8) is 0 Å². The summed E-state index contributed by atoms with van der Waals surface area (Å²) >= 11 is 0. The van der Waals surface area contributed by atoms with Gasteiger partial charge in [0.2, 0.25) is 5.95 Å². The Morgan fingerprint density at radius 1 is 0.200 bits per heavy atom. The molecule has 10 aromatic carbocycles. The Hall–Kier alpha value is -11.0. The second kappa shape index (κ2) is 20.9. The summed E-state index contributed by atoms with van der Waals surface area (Å²) in [5.41, 5.74) is 18.7. The molecule has 0 unspecified atom stereocenters. The Balaban J connectivity index is 1.07. The molecule has 0 fully saturated rings.